The van der Waals surface area contributed by atoms with Crippen molar-refractivity contribution in [3.8, 4) is 5.88 Å². The summed E-state index contributed by atoms with van der Waals surface area (Å²) in [6.07, 6.45) is 1.62. The minimum absolute atomic E-state index is 0.0406. The number of nitrogens with zero attached hydrogens (tertiary/aromatic N) is 2. The second-order valence-corrected chi connectivity index (χ2v) is 8.91. The summed E-state index contributed by atoms with van der Waals surface area (Å²) >= 11 is 5.87. The quantitative estimate of drug-likeness (QED) is 0.492. The van der Waals surface area contributed by atoms with Gasteiger partial charge in [0.25, 0.3) is 11.7 Å². The van der Waals surface area contributed by atoms with Gasteiger partial charge in [-0.15, -0.1) is 0 Å². The zero-order valence-electron chi connectivity index (χ0n) is 18.5. The first kappa shape index (κ1) is 23.1. The molecule has 0 atom stereocenters. The number of aromatic amines is 1. The standard InChI is InChI=1S/C23H26ClFN4O4/c1-13-19(14(2)27-21(13)33-23(32)26-12-15-3-4-15)20(30)22(31)29-9-7-28(8-10-29)16-5-6-18(25)17(24)11-16/h5-6,11,15,27H,3-4,7-10,12H2,1-2H3,(H,26,32). The number of aryl methyl sites for hydroxylation is 1. The van der Waals surface area contributed by atoms with Crippen LogP contribution in [0, 0.1) is 25.6 Å². The molecule has 1 aliphatic heterocycles. The van der Waals surface area contributed by atoms with E-state index in [9.17, 15) is 18.8 Å². The number of carbonyl (C=O) groups excluding carboxylic acids is 3. The van der Waals surface area contributed by atoms with Crippen molar-refractivity contribution in [1.82, 2.24) is 15.2 Å². The fourth-order valence-electron chi connectivity index (χ4n) is 3.94. The Morgan fingerprint density at radius 2 is 1.88 bits per heavy atom. The van der Waals surface area contributed by atoms with Crippen LogP contribution in [-0.2, 0) is 4.79 Å². The van der Waals surface area contributed by atoms with Gasteiger partial charge < -0.3 is 24.8 Å². The Labute approximate surface area is 196 Å². The van der Waals surface area contributed by atoms with E-state index in [0.29, 0.717) is 49.9 Å². The third-order valence-electron chi connectivity index (χ3n) is 6.07. The Morgan fingerprint density at radius 1 is 1.18 bits per heavy atom. The Morgan fingerprint density at radius 3 is 2.52 bits per heavy atom. The predicted molar refractivity (Wildman–Crippen MR) is 122 cm³/mol. The maximum atomic E-state index is 13.4. The van der Waals surface area contributed by atoms with Crippen molar-refractivity contribution in [2.75, 3.05) is 37.6 Å². The molecule has 0 radical (unpaired) electrons. The van der Waals surface area contributed by atoms with Crippen LogP contribution in [0.5, 0.6) is 5.88 Å². The lowest BCUT2D eigenvalue weighted by atomic mass is 10.1. The molecule has 1 saturated heterocycles. The van der Waals surface area contributed by atoms with Gasteiger partial charge in [0.15, 0.2) is 0 Å². The van der Waals surface area contributed by atoms with E-state index in [0.717, 1.165) is 18.5 Å². The van der Waals surface area contributed by atoms with Crippen molar-refractivity contribution in [1.29, 1.82) is 0 Å². The lowest BCUT2D eigenvalue weighted by molar-refractivity contribution is -0.126. The number of Topliss-reactive ketones (excluding diaryl/α,β-unsaturated/α-hetero) is 1. The highest BCUT2D eigenvalue weighted by Crippen LogP contribution is 2.28. The second kappa shape index (κ2) is 9.43. The van der Waals surface area contributed by atoms with E-state index in [2.05, 4.69) is 10.3 Å². The average Bonchev–Trinajstić information content (AvgIpc) is 3.59. The number of H-pyrrole nitrogens is 1. The fourth-order valence-corrected chi connectivity index (χ4v) is 4.12. The van der Waals surface area contributed by atoms with Gasteiger partial charge in [0.05, 0.1) is 10.6 Å². The molecule has 1 aromatic heterocycles. The van der Waals surface area contributed by atoms with Gasteiger partial charge >= 0.3 is 6.09 Å². The van der Waals surface area contributed by atoms with Crippen LogP contribution in [0.4, 0.5) is 14.9 Å². The van der Waals surface area contributed by atoms with Crippen molar-refractivity contribution in [2.24, 2.45) is 5.92 Å². The highest BCUT2D eigenvalue weighted by atomic mass is 35.5. The van der Waals surface area contributed by atoms with Crippen molar-refractivity contribution >= 4 is 35.1 Å². The van der Waals surface area contributed by atoms with Gasteiger partial charge in [-0.05, 0) is 50.8 Å². The molecule has 1 aliphatic carbocycles. The summed E-state index contributed by atoms with van der Waals surface area (Å²) in [6, 6.07) is 4.50. The van der Waals surface area contributed by atoms with Gasteiger partial charge in [-0.3, -0.25) is 9.59 Å². The molecule has 2 aromatic rings. The molecule has 33 heavy (non-hydrogen) atoms. The number of amides is 2. The van der Waals surface area contributed by atoms with Gasteiger partial charge in [0.2, 0.25) is 5.88 Å². The highest BCUT2D eigenvalue weighted by molar-refractivity contribution is 6.43. The maximum Gasteiger partial charge on any atom is 0.413 e. The van der Waals surface area contributed by atoms with Crippen LogP contribution in [0.15, 0.2) is 18.2 Å². The van der Waals surface area contributed by atoms with Crippen LogP contribution in [-0.4, -0.2) is 60.4 Å². The third-order valence-corrected chi connectivity index (χ3v) is 6.36. The number of carbonyl (C=O) groups is 3. The molecule has 8 nitrogen and oxygen atoms in total. The van der Waals surface area contributed by atoms with Crippen molar-refractivity contribution in [2.45, 2.75) is 26.7 Å². The van der Waals surface area contributed by atoms with Crippen molar-refractivity contribution < 1.29 is 23.5 Å². The minimum atomic E-state index is -0.646. The van der Waals surface area contributed by atoms with Crippen LogP contribution >= 0.6 is 11.6 Å². The van der Waals surface area contributed by atoms with E-state index in [1.54, 1.807) is 26.0 Å². The number of hydrogen-bond acceptors (Lipinski definition) is 5. The Hall–Kier alpha value is -3.07. The largest absolute Gasteiger partial charge is 0.413 e. The Bertz CT molecular complexity index is 1090. The lowest BCUT2D eigenvalue weighted by Gasteiger charge is -2.35. The van der Waals surface area contributed by atoms with E-state index in [1.165, 1.54) is 11.0 Å². The van der Waals surface area contributed by atoms with E-state index in [-0.39, 0.29) is 16.5 Å². The molecule has 176 valence electrons. The molecule has 2 fully saturated rings. The van der Waals surface area contributed by atoms with Crippen LogP contribution in [0.2, 0.25) is 5.02 Å². The molecule has 0 unspecified atom stereocenters. The number of nitrogens with one attached hydrogen (secondary N) is 2. The summed E-state index contributed by atoms with van der Waals surface area (Å²) in [5, 5.41) is 2.74. The normalized spacial score (nSPS) is 16.0. The number of ether oxygens (including phenoxy) is 1. The smallest absolute Gasteiger partial charge is 0.393 e. The van der Waals surface area contributed by atoms with Crippen molar-refractivity contribution in [3.63, 3.8) is 0 Å². The number of piperazine rings is 1. The zero-order chi connectivity index (χ0) is 23.7. The van der Waals surface area contributed by atoms with Crippen molar-refractivity contribution in [3.05, 3.63) is 45.9 Å². The first-order chi connectivity index (χ1) is 15.7. The van der Waals surface area contributed by atoms with Crippen LogP contribution in [0.3, 0.4) is 0 Å². The number of halogens is 2. The zero-order valence-corrected chi connectivity index (χ0v) is 19.3. The molecule has 4 rings (SSSR count). The number of aromatic nitrogens is 1. The molecule has 10 heteroatoms. The SMILES string of the molecule is Cc1[nH]c(OC(=O)NCC2CC2)c(C)c1C(=O)C(=O)N1CCN(c2ccc(F)c(Cl)c2)CC1. The Kier molecular flexibility index (Phi) is 6.60. The number of anilines is 1. The van der Waals surface area contributed by atoms with Gasteiger partial charge in [-0.2, -0.15) is 0 Å². The van der Waals surface area contributed by atoms with Crippen LogP contribution in [0.1, 0.15) is 34.5 Å². The molecule has 1 saturated carbocycles. The molecule has 2 amide bonds. The minimum Gasteiger partial charge on any atom is -0.393 e. The topological polar surface area (TPSA) is 94.7 Å². The van der Waals surface area contributed by atoms with E-state index in [4.69, 9.17) is 16.3 Å². The molecule has 2 aliphatic rings. The van der Waals surface area contributed by atoms with Gasteiger partial charge in [-0.1, -0.05) is 11.6 Å². The second-order valence-electron chi connectivity index (χ2n) is 8.50. The monoisotopic (exact) mass is 476 g/mol. The molecular formula is C23H26ClFN4O4. The van der Waals surface area contributed by atoms with Gasteiger partial charge in [0, 0.05) is 49.7 Å². The average molecular weight is 477 g/mol. The highest BCUT2D eigenvalue weighted by Gasteiger charge is 2.31. The number of hydrogen-bond donors (Lipinski definition) is 2. The summed E-state index contributed by atoms with van der Waals surface area (Å²) in [5.41, 5.74) is 1.87. The van der Waals surface area contributed by atoms with E-state index < -0.39 is 23.6 Å². The van der Waals surface area contributed by atoms with E-state index >= 15 is 0 Å². The number of ketones is 1. The summed E-state index contributed by atoms with van der Waals surface area (Å²) in [4.78, 5) is 44.3. The number of rotatable bonds is 6. The molecule has 1 aromatic carbocycles. The summed E-state index contributed by atoms with van der Waals surface area (Å²) in [6.45, 7) is 5.54. The predicted octanol–water partition coefficient (Wildman–Crippen LogP) is 3.45. The lowest BCUT2D eigenvalue weighted by Crippen LogP contribution is -2.50. The molecule has 0 spiro atoms. The molecule has 2 heterocycles. The fraction of sp³-hybridized carbons (Fsp3) is 0.435. The van der Waals surface area contributed by atoms with Gasteiger partial charge in [0.1, 0.15) is 5.82 Å². The van der Waals surface area contributed by atoms with Gasteiger partial charge in [-0.25, -0.2) is 9.18 Å². The maximum absolute atomic E-state index is 13.4. The van der Waals surface area contributed by atoms with Crippen LogP contribution < -0.4 is 15.0 Å². The van der Waals surface area contributed by atoms with Crippen LogP contribution in [0.25, 0.3) is 0 Å². The van der Waals surface area contributed by atoms with E-state index in [1.807, 2.05) is 4.90 Å². The summed E-state index contributed by atoms with van der Waals surface area (Å²) in [7, 11) is 0. The first-order valence-electron chi connectivity index (χ1n) is 10.9. The first-order valence-corrected chi connectivity index (χ1v) is 11.3. The summed E-state index contributed by atoms with van der Waals surface area (Å²) in [5.74, 6) is -1.07. The third kappa shape index (κ3) is 5.13. The molecule has 2 N–H and O–H groups in total. The number of benzene rings is 1. The molecular weight excluding hydrogens is 451 g/mol. The molecule has 0 bridgehead atoms. The Balaban J connectivity index is 1.37. The summed E-state index contributed by atoms with van der Waals surface area (Å²) < 4.78 is 18.7.